The number of hydrogen-bond acceptors (Lipinski definition) is 2. The molecule has 0 aliphatic carbocycles. The molecule has 0 fully saturated rings. The van der Waals surface area contributed by atoms with Crippen LogP contribution in [0.5, 0.6) is 0 Å². The SMILES string of the molecule is CN1C(=O)CC/C=C\CCC(=O)N1C. The van der Waals surface area contributed by atoms with Crippen LogP contribution in [-0.2, 0) is 9.59 Å². The molecular weight excluding hydrogens is 180 g/mol. The average molecular weight is 196 g/mol. The molecule has 1 aliphatic rings. The summed E-state index contributed by atoms with van der Waals surface area (Å²) in [5.74, 6) is -0.0419. The smallest absolute Gasteiger partial charge is 0.241 e. The third-order valence-corrected chi connectivity index (χ3v) is 2.39. The van der Waals surface area contributed by atoms with Gasteiger partial charge in [0.05, 0.1) is 0 Å². The zero-order valence-corrected chi connectivity index (χ0v) is 8.69. The maximum absolute atomic E-state index is 11.5. The van der Waals surface area contributed by atoms with Gasteiger partial charge in [-0.15, -0.1) is 0 Å². The molecule has 0 spiro atoms. The number of amides is 2. The molecule has 0 aromatic rings. The summed E-state index contributed by atoms with van der Waals surface area (Å²) >= 11 is 0. The summed E-state index contributed by atoms with van der Waals surface area (Å²) in [5.41, 5.74) is 0. The van der Waals surface area contributed by atoms with Gasteiger partial charge in [-0.1, -0.05) is 12.2 Å². The number of hydrogen-bond donors (Lipinski definition) is 0. The maximum Gasteiger partial charge on any atom is 0.241 e. The third kappa shape index (κ3) is 2.58. The number of hydrazine groups is 1. The van der Waals surface area contributed by atoms with Crippen molar-refractivity contribution in [2.24, 2.45) is 0 Å². The Hall–Kier alpha value is -1.32. The second kappa shape index (κ2) is 4.79. The van der Waals surface area contributed by atoms with Crippen molar-refractivity contribution in [3.8, 4) is 0 Å². The molecule has 0 saturated carbocycles. The fourth-order valence-corrected chi connectivity index (χ4v) is 1.31. The number of nitrogens with zero attached hydrogens (tertiary/aromatic N) is 2. The van der Waals surface area contributed by atoms with Crippen molar-refractivity contribution in [1.82, 2.24) is 10.0 Å². The minimum atomic E-state index is -0.0209. The van der Waals surface area contributed by atoms with E-state index < -0.39 is 0 Å². The Balaban J connectivity index is 2.72. The molecule has 2 amide bonds. The minimum Gasteiger partial charge on any atom is -0.273 e. The van der Waals surface area contributed by atoms with Crippen molar-refractivity contribution in [3.05, 3.63) is 12.2 Å². The van der Waals surface area contributed by atoms with Gasteiger partial charge in [0.1, 0.15) is 0 Å². The van der Waals surface area contributed by atoms with Crippen molar-refractivity contribution < 1.29 is 9.59 Å². The Morgan fingerprint density at radius 2 is 1.29 bits per heavy atom. The Morgan fingerprint density at radius 3 is 1.64 bits per heavy atom. The summed E-state index contributed by atoms with van der Waals surface area (Å²) in [6.07, 6.45) is 6.36. The van der Waals surface area contributed by atoms with Gasteiger partial charge >= 0.3 is 0 Å². The topological polar surface area (TPSA) is 40.6 Å². The van der Waals surface area contributed by atoms with Crippen LogP contribution in [0.25, 0.3) is 0 Å². The molecule has 0 N–H and O–H groups in total. The van der Waals surface area contributed by atoms with E-state index in [4.69, 9.17) is 0 Å². The van der Waals surface area contributed by atoms with E-state index in [0.29, 0.717) is 12.8 Å². The lowest BCUT2D eigenvalue weighted by Gasteiger charge is -2.28. The number of rotatable bonds is 0. The largest absolute Gasteiger partial charge is 0.273 e. The van der Waals surface area contributed by atoms with Crippen molar-refractivity contribution in [3.63, 3.8) is 0 Å². The molecule has 4 nitrogen and oxygen atoms in total. The molecule has 0 aromatic carbocycles. The molecule has 1 heterocycles. The second-order valence-electron chi connectivity index (χ2n) is 3.38. The molecule has 0 bridgehead atoms. The van der Waals surface area contributed by atoms with Gasteiger partial charge < -0.3 is 0 Å². The molecule has 1 aliphatic heterocycles. The van der Waals surface area contributed by atoms with Crippen LogP contribution in [0.3, 0.4) is 0 Å². The van der Waals surface area contributed by atoms with E-state index in [9.17, 15) is 9.59 Å². The Bertz CT molecular complexity index is 235. The van der Waals surface area contributed by atoms with Crippen LogP contribution in [-0.4, -0.2) is 35.9 Å². The van der Waals surface area contributed by atoms with Crippen LogP contribution in [0.2, 0.25) is 0 Å². The molecule has 14 heavy (non-hydrogen) atoms. The van der Waals surface area contributed by atoms with Crippen LogP contribution >= 0.6 is 0 Å². The van der Waals surface area contributed by atoms with Crippen molar-refractivity contribution in [1.29, 1.82) is 0 Å². The number of carbonyl (C=O) groups excluding carboxylic acids is 2. The minimum absolute atomic E-state index is 0.0209. The van der Waals surface area contributed by atoms with E-state index in [-0.39, 0.29) is 11.8 Å². The van der Waals surface area contributed by atoms with E-state index in [2.05, 4.69) is 0 Å². The Morgan fingerprint density at radius 1 is 0.929 bits per heavy atom. The molecule has 0 radical (unpaired) electrons. The van der Waals surface area contributed by atoms with E-state index in [1.54, 1.807) is 14.1 Å². The molecular formula is C10H16N2O2. The molecule has 0 atom stereocenters. The standard InChI is InChI=1S/C10H16N2O2/c1-11-9(13)7-5-3-4-6-8-10(14)12(11)2/h3-4H,5-8H2,1-2H3/b4-3-. The lowest BCUT2D eigenvalue weighted by molar-refractivity contribution is -0.157. The normalized spacial score (nSPS) is 22.4. The highest BCUT2D eigenvalue weighted by Crippen LogP contribution is 2.06. The third-order valence-electron chi connectivity index (χ3n) is 2.39. The fraction of sp³-hybridized carbons (Fsp3) is 0.600. The number of carbonyl (C=O) groups is 2. The molecule has 4 heteroatoms. The van der Waals surface area contributed by atoms with Crippen LogP contribution in [0, 0.1) is 0 Å². The first-order valence-corrected chi connectivity index (χ1v) is 4.81. The maximum atomic E-state index is 11.5. The number of allylic oxidation sites excluding steroid dienone is 2. The van der Waals surface area contributed by atoms with Gasteiger partial charge in [0.15, 0.2) is 0 Å². The first-order chi connectivity index (χ1) is 6.63. The van der Waals surface area contributed by atoms with Crippen LogP contribution in [0.1, 0.15) is 25.7 Å². The van der Waals surface area contributed by atoms with Gasteiger partial charge in [0, 0.05) is 26.9 Å². The predicted molar refractivity (Wildman–Crippen MR) is 53.1 cm³/mol. The zero-order valence-electron chi connectivity index (χ0n) is 8.69. The summed E-state index contributed by atoms with van der Waals surface area (Å²) in [4.78, 5) is 23.0. The Kier molecular flexibility index (Phi) is 3.68. The Labute approximate surface area is 84.1 Å². The summed E-state index contributed by atoms with van der Waals surface area (Å²) < 4.78 is 0. The predicted octanol–water partition coefficient (Wildman–Crippen LogP) is 0.948. The molecule has 0 saturated heterocycles. The summed E-state index contributed by atoms with van der Waals surface area (Å²) in [6.45, 7) is 0. The second-order valence-corrected chi connectivity index (χ2v) is 3.38. The molecule has 0 unspecified atom stereocenters. The van der Waals surface area contributed by atoms with Gasteiger partial charge in [-0.2, -0.15) is 0 Å². The first kappa shape index (κ1) is 10.8. The van der Waals surface area contributed by atoms with Gasteiger partial charge in [-0.3, -0.25) is 19.6 Å². The highest BCUT2D eigenvalue weighted by molar-refractivity contribution is 5.82. The lowest BCUT2D eigenvalue weighted by Crippen LogP contribution is -2.44. The highest BCUT2D eigenvalue weighted by Gasteiger charge is 2.17. The van der Waals surface area contributed by atoms with E-state index in [1.165, 1.54) is 10.0 Å². The van der Waals surface area contributed by atoms with Crippen molar-refractivity contribution in [2.75, 3.05) is 14.1 Å². The lowest BCUT2D eigenvalue weighted by atomic mass is 10.2. The first-order valence-electron chi connectivity index (χ1n) is 4.81. The average Bonchev–Trinajstić information content (AvgIpc) is 2.19. The van der Waals surface area contributed by atoms with Crippen molar-refractivity contribution in [2.45, 2.75) is 25.7 Å². The van der Waals surface area contributed by atoms with Gasteiger partial charge in [0.2, 0.25) is 11.8 Å². The van der Waals surface area contributed by atoms with Crippen LogP contribution in [0.4, 0.5) is 0 Å². The van der Waals surface area contributed by atoms with Crippen molar-refractivity contribution >= 4 is 11.8 Å². The quantitative estimate of drug-likeness (QED) is 0.541. The van der Waals surface area contributed by atoms with Gasteiger partial charge in [-0.25, -0.2) is 0 Å². The summed E-state index contributed by atoms with van der Waals surface area (Å²) in [7, 11) is 3.26. The zero-order chi connectivity index (χ0) is 10.6. The molecule has 1 rings (SSSR count). The summed E-state index contributed by atoms with van der Waals surface area (Å²) in [6, 6.07) is 0. The van der Waals surface area contributed by atoms with Gasteiger partial charge in [-0.05, 0) is 12.8 Å². The molecule has 78 valence electrons. The fourth-order valence-electron chi connectivity index (χ4n) is 1.31. The monoisotopic (exact) mass is 196 g/mol. The van der Waals surface area contributed by atoms with Crippen LogP contribution < -0.4 is 0 Å². The molecule has 0 aromatic heterocycles. The summed E-state index contributed by atoms with van der Waals surface area (Å²) in [5, 5.41) is 2.78. The van der Waals surface area contributed by atoms with Gasteiger partial charge in [0.25, 0.3) is 0 Å². The van der Waals surface area contributed by atoms with E-state index in [0.717, 1.165) is 12.8 Å². The van der Waals surface area contributed by atoms with E-state index in [1.807, 2.05) is 12.2 Å². The highest BCUT2D eigenvalue weighted by atomic mass is 16.2. The van der Waals surface area contributed by atoms with Crippen LogP contribution in [0.15, 0.2) is 12.2 Å². The van der Waals surface area contributed by atoms with E-state index >= 15 is 0 Å².